The van der Waals surface area contributed by atoms with Gasteiger partial charge in [-0.05, 0) is 134 Å². The molecule has 0 fully saturated rings. The van der Waals surface area contributed by atoms with E-state index in [-0.39, 0.29) is 0 Å². The third-order valence-electron chi connectivity index (χ3n) is 5.80. The van der Waals surface area contributed by atoms with E-state index in [9.17, 15) is 0 Å². The van der Waals surface area contributed by atoms with Crippen molar-refractivity contribution in [2.45, 2.75) is 13.8 Å². The van der Waals surface area contributed by atoms with E-state index in [0.29, 0.717) is 45.9 Å². The number of nitrogen functional groups attached to an aromatic ring is 2. The molecular formula is C32H28N2O4. The van der Waals surface area contributed by atoms with E-state index in [1.54, 1.807) is 0 Å². The van der Waals surface area contributed by atoms with Crippen LogP contribution in [0.5, 0.6) is 46.0 Å². The molecule has 5 aromatic carbocycles. The lowest BCUT2D eigenvalue weighted by atomic mass is 10.2. The lowest BCUT2D eigenvalue weighted by molar-refractivity contribution is 0.460. The Morgan fingerprint density at radius 1 is 0.368 bits per heavy atom. The third kappa shape index (κ3) is 6.17. The van der Waals surface area contributed by atoms with Gasteiger partial charge in [0.2, 0.25) is 0 Å². The third-order valence-corrected chi connectivity index (χ3v) is 5.80. The minimum absolute atomic E-state index is 0.697. The lowest BCUT2D eigenvalue weighted by Gasteiger charge is -2.11. The molecule has 0 saturated carbocycles. The topological polar surface area (TPSA) is 89.0 Å². The van der Waals surface area contributed by atoms with Crippen LogP contribution in [0.3, 0.4) is 0 Å². The molecule has 0 aliphatic rings. The molecule has 0 amide bonds. The standard InChI is InChI=1S/C32H28N2O4/c1-21-19-23(33)3-17-31(21)37-29-13-9-27(10-14-29)35-25-5-7-26(8-6-25)36-28-11-15-30(16-12-28)38-32-18-4-24(34)20-22(32)2/h3-20H,33-34H2,1-2H3. The second-order valence-electron chi connectivity index (χ2n) is 8.87. The van der Waals surface area contributed by atoms with Crippen molar-refractivity contribution >= 4 is 11.4 Å². The van der Waals surface area contributed by atoms with Gasteiger partial charge in [0.1, 0.15) is 46.0 Å². The summed E-state index contributed by atoms with van der Waals surface area (Å²) in [5, 5.41) is 0. The summed E-state index contributed by atoms with van der Waals surface area (Å²) in [6, 6.07) is 33.5. The first-order chi connectivity index (χ1) is 18.4. The Bertz CT molecular complexity index is 1410. The monoisotopic (exact) mass is 504 g/mol. The predicted octanol–water partition coefficient (Wildman–Crippen LogP) is 8.64. The summed E-state index contributed by atoms with van der Waals surface area (Å²) < 4.78 is 23.8. The van der Waals surface area contributed by atoms with Gasteiger partial charge in [0.05, 0.1) is 0 Å². The van der Waals surface area contributed by atoms with Gasteiger partial charge < -0.3 is 30.4 Å². The number of rotatable bonds is 8. The first kappa shape index (κ1) is 24.6. The fraction of sp³-hybridized carbons (Fsp3) is 0.0625. The quantitative estimate of drug-likeness (QED) is 0.206. The molecule has 0 bridgehead atoms. The zero-order valence-electron chi connectivity index (χ0n) is 21.2. The molecule has 6 nitrogen and oxygen atoms in total. The summed E-state index contributed by atoms with van der Waals surface area (Å²) in [5.74, 6) is 5.76. The minimum atomic E-state index is 0.697. The SMILES string of the molecule is Cc1cc(N)ccc1Oc1ccc(Oc2ccc(Oc3ccc(Oc4ccc(N)cc4C)cc3)cc2)cc1. The van der Waals surface area contributed by atoms with Crippen molar-refractivity contribution in [3.63, 3.8) is 0 Å². The smallest absolute Gasteiger partial charge is 0.130 e. The zero-order chi connectivity index (χ0) is 26.5. The van der Waals surface area contributed by atoms with Gasteiger partial charge in [-0.3, -0.25) is 0 Å². The van der Waals surface area contributed by atoms with Crippen LogP contribution in [0.4, 0.5) is 11.4 Å². The maximum Gasteiger partial charge on any atom is 0.130 e. The molecule has 0 aliphatic carbocycles. The summed E-state index contributed by atoms with van der Waals surface area (Å²) in [6.07, 6.45) is 0. The number of benzene rings is 5. The van der Waals surface area contributed by atoms with Crippen LogP contribution >= 0.6 is 0 Å². The molecule has 0 aromatic heterocycles. The summed E-state index contributed by atoms with van der Waals surface area (Å²) in [7, 11) is 0. The van der Waals surface area contributed by atoms with Gasteiger partial charge in [0.25, 0.3) is 0 Å². The fourth-order valence-electron chi connectivity index (χ4n) is 3.83. The first-order valence-corrected chi connectivity index (χ1v) is 12.2. The Balaban J connectivity index is 1.16. The van der Waals surface area contributed by atoms with Crippen LogP contribution in [0.2, 0.25) is 0 Å². The number of aryl methyl sites for hydroxylation is 2. The van der Waals surface area contributed by atoms with E-state index in [1.807, 2.05) is 123 Å². The average molecular weight is 505 g/mol. The second-order valence-corrected chi connectivity index (χ2v) is 8.87. The molecule has 0 aliphatic heterocycles. The maximum atomic E-state index is 5.97. The van der Waals surface area contributed by atoms with Gasteiger partial charge >= 0.3 is 0 Å². The van der Waals surface area contributed by atoms with E-state index in [0.717, 1.165) is 22.6 Å². The van der Waals surface area contributed by atoms with Crippen molar-refractivity contribution in [2.75, 3.05) is 11.5 Å². The summed E-state index contributed by atoms with van der Waals surface area (Å²) in [6.45, 7) is 3.92. The number of hydrogen-bond donors (Lipinski definition) is 2. The first-order valence-electron chi connectivity index (χ1n) is 12.2. The van der Waals surface area contributed by atoms with Crippen LogP contribution in [0, 0.1) is 13.8 Å². The molecule has 0 saturated heterocycles. The maximum absolute atomic E-state index is 5.97. The van der Waals surface area contributed by atoms with Crippen LogP contribution < -0.4 is 30.4 Å². The van der Waals surface area contributed by atoms with Gasteiger partial charge in [-0.25, -0.2) is 0 Å². The highest BCUT2D eigenvalue weighted by Gasteiger charge is 2.06. The number of ether oxygens (including phenoxy) is 4. The predicted molar refractivity (Wildman–Crippen MR) is 151 cm³/mol. The van der Waals surface area contributed by atoms with Crippen molar-refractivity contribution in [1.82, 2.24) is 0 Å². The highest BCUT2D eigenvalue weighted by molar-refractivity contribution is 5.50. The molecule has 4 N–H and O–H groups in total. The van der Waals surface area contributed by atoms with Crippen LogP contribution in [0.25, 0.3) is 0 Å². The molecule has 0 unspecified atom stereocenters. The minimum Gasteiger partial charge on any atom is -0.457 e. The summed E-state index contributed by atoms with van der Waals surface area (Å²) in [5.41, 5.74) is 15.0. The van der Waals surface area contributed by atoms with Crippen LogP contribution in [-0.2, 0) is 0 Å². The molecular weight excluding hydrogens is 476 g/mol. The molecule has 0 spiro atoms. The lowest BCUT2D eigenvalue weighted by Crippen LogP contribution is -1.91. The molecule has 190 valence electrons. The van der Waals surface area contributed by atoms with E-state index in [2.05, 4.69) is 0 Å². The molecule has 6 heteroatoms. The van der Waals surface area contributed by atoms with Gasteiger partial charge in [0.15, 0.2) is 0 Å². The number of hydrogen-bond acceptors (Lipinski definition) is 6. The van der Waals surface area contributed by atoms with Crippen molar-refractivity contribution in [2.24, 2.45) is 0 Å². The van der Waals surface area contributed by atoms with E-state index < -0.39 is 0 Å². The van der Waals surface area contributed by atoms with Gasteiger partial charge in [-0.15, -0.1) is 0 Å². The molecule has 5 aromatic rings. The fourth-order valence-corrected chi connectivity index (χ4v) is 3.83. The average Bonchev–Trinajstić information content (AvgIpc) is 2.91. The van der Waals surface area contributed by atoms with Gasteiger partial charge in [-0.1, -0.05) is 0 Å². The largest absolute Gasteiger partial charge is 0.457 e. The summed E-state index contributed by atoms with van der Waals surface area (Å²) >= 11 is 0. The van der Waals surface area contributed by atoms with E-state index >= 15 is 0 Å². The van der Waals surface area contributed by atoms with Gasteiger partial charge in [0, 0.05) is 11.4 Å². The Morgan fingerprint density at radius 2 is 0.632 bits per heavy atom. The Kier molecular flexibility index (Phi) is 7.04. The van der Waals surface area contributed by atoms with Crippen LogP contribution in [-0.4, -0.2) is 0 Å². The summed E-state index contributed by atoms with van der Waals surface area (Å²) in [4.78, 5) is 0. The highest BCUT2D eigenvalue weighted by atomic mass is 16.5. The Hall–Kier alpha value is -5.10. The van der Waals surface area contributed by atoms with E-state index in [1.165, 1.54) is 0 Å². The molecule has 0 heterocycles. The van der Waals surface area contributed by atoms with Gasteiger partial charge in [-0.2, -0.15) is 0 Å². The number of anilines is 2. The van der Waals surface area contributed by atoms with E-state index in [4.69, 9.17) is 30.4 Å². The van der Waals surface area contributed by atoms with Crippen LogP contribution in [0.15, 0.2) is 109 Å². The number of nitrogens with two attached hydrogens (primary N) is 2. The molecule has 0 radical (unpaired) electrons. The zero-order valence-corrected chi connectivity index (χ0v) is 21.2. The van der Waals surface area contributed by atoms with Crippen molar-refractivity contribution in [3.8, 4) is 46.0 Å². The normalized spacial score (nSPS) is 10.6. The Morgan fingerprint density at radius 3 is 0.895 bits per heavy atom. The highest BCUT2D eigenvalue weighted by Crippen LogP contribution is 2.32. The van der Waals surface area contributed by atoms with Crippen LogP contribution in [0.1, 0.15) is 11.1 Å². The molecule has 38 heavy (non-hydrogen) atoms. The van der Waals surface area contributed by atoms with Crippen molar-refractivity contribution in [1.29, 1.82) is 0 Å². The second kappa shape index (κ2) is 10.9. The van der Waals surface area contributed by atoms with Crippen molar-refractivity contribution in [3.05, 3.63) is 120 Å². The molecule has 0 atom stereocenters. The Labute approximate surface area is 222 Å². The van der Waals surface area contributed by atoms with Crippen molar-refractivity contribution < 1.29 is 18.9 Å². The molecule has 5 rings (SSSR count).